The zero-order valence-electron chi connectivity index (χ0n) is 11.6. The fourth-order valence-corrected chi connectivity index (χ4v) is 4.84. The Morgan fingerprint density at radius 2 is 2.00 bits per heavy atom. The number of sulfone groups is 1. The van der Waals surface area contributed by atoms with E-state index in [0.717, 1.165) is 19.5 Å². The summed E-state index contributed by atoms with van der Waals surface area (Å²) < 4.78 is 22.9. The van der Waals surface area contributed by atoms with Crippen LogP contribution in [0.15, 0.2) is 0 Å². The lowest BCUT2D eigenvalue weighted by molar-refractivity contribution is -0.122. The van der Waals surface area contributed by atoms with E-state index in [2.05, 4.69) is 22.9 Å². The number of hydrogen-bond acceptors (Lipinski definition) is 5. The van der Waals surface area contributed by atoms with E-state index in [1.807, 2.05) is 0 Å². The van der Waals surface area contributed by atoms with Crippen LogP contribution in [0.25, 0.3) is 0 Å². The highest BCUT2D eigenvalue weighted by molar-refractivity contribution is 7.91. The summed E-state index contributed by atoms with van der Waals surface area (Å²) >= 11 is 0. The molecule has 2 rings (SSSR count). The van der Waals surface area contributed by atoms with Gasteiger partial charge >= 0.3 is 0 Å². The first-order chi connectivity index (χ1) is 8.72. The Labute approximate surface area is 114 Å². The topological polar surface area (TPSA) is 87.3 Å². The van der Waals surface area contributed by atoms with Crippen molar-refractivity contribution in [2.24, 2.45) is 0 Å². The highest BCUT2D eigenvalue weighted by atomic mass is 32.2. The summed E-state index contributed by atoms with van der Waals surface area (Å²) in [5.74, 6) is 0.0800. The van der Waals surface area contributed by atoms with Gasteiger partial charge < -0.3 is 16.0 Å². The third kappa shape index (κ3) is 3.90. The first kappa shape index (κ1) is 14.7. The molecule has 3 N–H and O–H groups in total. The molecule has 0 aromatic carbocycles. The van der Waals surface area contributed by atoms with Crippen LogP contribution in [0.1, 0.15) is 26.7 Å². The normalized spacial score (nSPS) is 37.4. The predicted molar refractivity (Wildman–Crippen MR) is 73.7 cm³/mol. The summed E-state index contributed by atoms with van der Waals surface area (Å²) in [5.41, 5.74) is -0.646. The highest BCUT2D eigenvalue weighted by Crippen LogP contribution is 2.22. The molecular formula is C12H23N3O3S. The lowest BCUT2D eigenvalue weighted by Gasteiger charge is -2.27. The van der Waals surface area contributed by atoms with Crippen molar-refractivity contribution < 1.29 is 13.2 Å². The first-order valence-corrected chi connectivity index (χ1v) is 8.51. The van der Waals surface area contributed by atoms with Gasteiger partial charge in [0.2, 0.25) is 5.91 Å². The molecule has 0 radical (unpaired) electrons. The van der Waals surface area contributed by atoms with Crippen molar-refractivity contribution >= 4 is 15.7 Å². The van der Waals surface area contributed by atoms with Crippen molar-refractivity contribution in [2.75, 3.05) is 31.1 Å². The van der Waals surface area contributed by atoms with Crippen molar-refractivity contribution in [3.05, 3.63) is 0 Å². The van der Waals surface area contributed by atoms with Gasteiger partial charge in [-0.3, -0.25) is 4.79 Å². The van der Waals surface area contributed by atoms with Gasteiger partial charge in [-0.2, -0.15) is 0 Å². The molecule has 0 saturated carbocycles. The fourth-order valence-electron chi connectivity index (χ4n) is 2.75. The maximum absolute atomic E-state index is 11.9. The van der Waals surface area contributed by atoms with Crippen LogP contribution in [0, 0.1) is 0 Å². The summed E-state index contributed by atoms with van der Waals surface area (Å²) in [6.45, 7) is 5.93. The van der Waals surface area contributed by atoms with Crippen LogP contribution in [-0.2, 0) is 14.6 Å². The molecule has 2 atom stereocenters. The first-order valence-electron chi connectivity index (χ1n) is 6.69. The molecule has 1 amide bonds. The maximum atomic E-state index is 11.9. The Kier molecular flexibility index (Phi) is 3.90. The molecular weight excluding hydrogens is 266 g/mol. The smallest absolute Gasteiger partial charge is 0.234 e. The van der Waals surface area contributed by atoms with Crippen molar-refractivity contribution in [3.8, 4) is 0 Å². The second kappa shape index (κ2) is 5.03. The molecule has 2 heterocycles. The molecule has 2 aliphatic heterocycles. The lowest BCUT2D eigenvalue weighted by atomic mass is 10.0. The quantitative estimate of drug-likeness (QED) is 0.619. The van der Waals surface area contributed by atoms with Crippen LogP contribution in [0.2, 0.25) is 0 Å². The van der Waals surface area contributed by atoms with E-state index in [9.17, 15) is 13.2 Å². The van der Waals surface area contributed by atoms with E-state index in [0.29, 0.717) is 6.42 Å². The van der Waals surface area contributed by atoms with E-state index in [-0.39, 0.29) is 29.5 Å². The largest absolute Gasteiger partial charge is 0.349 e. The van der Waals surface area contributed by atoms with Gasteiger partial charge in [0.1, 0.15) is 0 Å². The minimum absolute atomic E-state index is 0.0417. The van der Waals surface area contributed by atoms with E-state index in [1.54, 1.807) is 6.92 Å². The number of carbonyl (C=O) groups is 1. The monoisotopic (exact) mass is 289 g/mol. The Hall–Kier alpha value is -0.660. The fraction of sp³-hybridized carbons (Fsp3) is 0.917. The van der Waals surface area contributed by atoms with Crippen molar-refractivity contribution in [2.45, 2.75) is 37.8 Å². The molecule has 6 nitrogen and oxygen atoms in total. The van der Waals surface area contributed by atoms with Crippen molar-refractivity contribution in [1.82, 2.24) is 16.0 Å². The van der Waals surface area contributed by atoms with Crippen LogP contribution in [-0.4, -0.2) is 56.5 Å². The van der Waals surface area contributed by atoms with Crippen LogP contribution >= 0.6 is 0 Å². The van der Waals surface area contributed by atoms with Gasteiger partial charge in [-0.05, 0) is 33.2 Å². The molecule has 0 aromatic heterocycles. The lowest BCUT2D eigenvalue weighted by Crippen LogP contribution is -2.53. The van der Waals surface area contributed by atoms with Crippen LogP contribution in [0.4, 0.5) is 0 Å². The second-order valence-electron chi connectivity index (χ2n) is 6.29. The van der Waals surface area contributed by atoms with Gasteiger partial charge in [0.05, 0.1) is 23.6 Å². The zero-order chi connectivity index (χ0) is 14.1. The van der Waals surface area contributed by atoms with Gasteiger partial charge in [0, 0.05) is 12.1 Å². The van der Waals surface area contributed by atoms with E-state index >= 15 is 0 Å². The third-order valence-corrected chi connectivity index (χ3v) is 5.89. The van der Waals surface area contributed by atoms with E-state index < -0.39 is 15.4 Å². The number of hydrogen-bond donors (Lipinski definition) is 3. The van der Waals surface area contributed by atoms with Crippen molar-refractivity contribution in [3.63, 3.8) is 0 Å². The van der Waals surface area contributed by atoms with Gasteiger partial charge in [-0.1, -0.05) is 0 Å². The summed E-state index contributed by atoms with van der Waals surface area (Å²) in [6.07, 6.45) is 1.49. The molecule has 2 saturated heterocycles. The average molecular weight is 289 g/mol. The molecule has 0 bridgehead atoms. The number of nitrogens with one attached hydrogen (secondary N) is 3. The van der Waals surface area contributed by atoms with Crippen molar-refractivity contribution in [1.29, 1.82) is 0 Å². The second-order valence-corrected chi connectivity index (χ2v) is 8.48. The minimum atomic E-state index is -2.99. The third-order valence-electron chi connectivity index (χ3n) is 3.99. The Morgan fingerprint density at radius 1 is 1.26 bits per heavy atom. The number of carbonyl (C=O) groups excluding carboxylic acids is 1. The van der Waals surface area contributed by atoms with Crippen LogP contribution in [0.5, 0.6) is 0 Å². The Balaban J connectivity index is 1.82. The number of amides is 1. The zero-order valence-corrected chi connectivity index (χ0v) is 12.4. The summed E-state index contributed by atoms with van der Waals surface area (Å²) in [4.78, 5) is 11.9. The average Bonchev–Trinajstić information content (AvgIpc) is 2.81. The van der Waals surface area contributed by atoms with Gasteiger partial charge in [-0.15, -0.1) is 0 Å². The van der Waals surface area contributed by atoms with Gasteiger partial charge in [0.25, 0.3) is 0 Å². The summed E-state index contributed by atoms with van der Waals surface area (Å²) in [5, 5.41) is 9.35. The molecule has 2 aliphatic rings. The maximum Gasteiger partial charge on any atom is 0.234 e. The molecule has 2 fully saturated rings. The molecule has 7 heteroatoms. The molecule has 0 aliphatic carbocycles. The molecule has 19 heavy (non-hydrogen) atoms. The standard InChI is InChI=1S/C12H23N3O3S/c1-11(3-5-13-8-11)14-7-10(16)15-12(2)4-6-19(17,18)9-12/h13-14H,3-9H2,1-2H3,(H,15,16). The minimum Gasteiger partial charge on any atom is -0.349 e. The number of rotatable bonds is 4. The highest BCUT2D eigenvalue weighted by Gasteiger charge is 2.39. The Morgan fingerprint density at radius 3 is 2.53 bits per heavy atom. The predicted octanol–water partition coefficient (Wildman–Crippen LogP) is -0.979. The molecule has 0 aromatic rings. The van der Waals surface area contributed by atoms with E-state index in [4.69, 9.17) is 0 Å². The molecule has 0 spiro atoms. The molecule has 110 valence electrons. The molecule has 2 unspecified atom stereocenters. The van der Waals surface area contributed by atoms with Gasteiger partial charge in [0.15, 0.2) is 9.84 Å². The van der Waals surface area contributed by atoms with E-state index in [1.165, 1.54) is 0 Å². The van der Waals surface area contributed by atoms with Gasteiger partial charge in [-0.25, -0.2) is 8.42 Å². The van der Waals surface area contributed by atoms with Crippen LogP contribution in [0.3, 0.4) is 0 Å². The summed E-state index contributed by atoms with van der Waals surface area (Å²) in [6, 6.07) is 0. The summed E-state index contributed by atoms with van der Waals surface area (Å²) in [7, 11) is -2.99. The SMILES string of the molecule is CC1(NCC(=O)NC2(C)CCS(=O)(=O)C2)CCNC1. The van der Waals surface area contributed by atoms with Crippen LogP contribution < -0.4 is 16.0 Å². The Bertz CT molecular complexity index is 457.